The van der Waals surface area contributed by atoms with Gasteiger partial charge in [-0.1, -0.05) is 13.8 Å². The van der Waals surface area contributed by atoms with Gasteiger partial charge >= 0.3 is 12.4 Å². The molecule has 1 rings (SSSR count). The number of aliphatic hydroxyl groups is 1. The van der Waals surface area contributed by atoms with Gasteiger partial charge in [-0.05, 0) is 31.1 Å². The van der Waals surface area contributed by atoms with Crippen molar-refractivity contribution in [2.24, 2.45) is 17.8 Å². The SMILES string of the molecule is CCC(CC1CC(=O)CCC1C)C(O)(C(F)(F)F)C(F)(F)F. The molecule has 0 spiro atoms. The van der Waals surface area contributed by atoms with E-state index in [1.54, 1.807) is 6.92 Å². The second-order valence-corrected chi connectivity index (χ2v) is 6.12. The van der Waals surface area contributed by atoms with Crippen molar-refractivity contribution < 1.29 is 36.2 Å². The molecule has 2 nitrogen and oxygen atoms in total. The van der Waals surface area contributed by atoms with Gasteiger partial charge in [-0.25, -0.2) is 0 Å². The van der Waals surface area contributed by atoms with Gasteiger partial charge in [0.2, 0.25) is 0 Å². The fraction of sp³-hybridized carbons (Fsp3) is 0.929. The minimum absolute atomic E-state index is 0.0243. The molecule has 0 heterocycles. The standard InChI is InChI=1S/C14H20F6O2/c1-3-10(6-9-7-11(21)5-4-8(9)2)12(22,13(15,16)17)14(18,19)20/h8-10,22H,3-7H2,1-2H3. The summed E-state index contributed by atoms with van der Waals surface area (Å²) in [7, 11) is 0. The Morgan fingerprint density at radius 2 is 1.68 bits per heavy atom. The predicted molar refractivity (Wildman–Crippen MR) is 67.0 cm³/mol. The van der Waals surface area contributed by atoms with Crippen molar-refractivity contribution in [2.45, 2.75) is 63.9 Å². The van der Waals surface area contributed by atoms with Crippen molar-refractivity contribution >= 4 is 5.78 Å². The first-order chi connectivity index (χ1) is 9.84. The maximum absolute atomic E-state index is 12.9. The maximum Gasteiger partial charge on any atom is 0.426 e. The summed E-state index contributed by atoms with van der Waals surface area (Å²) in [6, 6.07) is 0. The van der Waals surface area contributed by atoms with Crippen molar-refractivity contribution in [1.29, 1.82) is 0 Å². The monoisotopic (exact) mass is 334 g/mol. The topological polar surface area (TPSA) is 37.3 Å². The summed E-state index contributed by atoms with van der Waals surface area (Å²) in [5.74, 6) is -2.88. The molecule has 0 bridgehead atoms. The number of halogens is 6. The number of alkyl halides is 6. The zero-order chi connectivity index (χ0) is 17.3. The highest BCUT2D eigenvalue weighted by molar-refractivity contribution is 5.79. The third kappa shape index (κ3) is 3.58. The summed E-state index contributed by atoms with van der Waals surface area (Å²) in [6.07, 6.45) is -11.8. The summed E-state index contributed by atoms with van der Waals surface area (Å²) < 4.78 is 77.6. The number of hydrogen-bond donors (Lipinski definition) is 1. The molecule has 0 amide bonds. The van der Waals surface area contributed by atoms with Gasteiger partial charge in [0.1, 0.15) is 5.78 Å². The van der Waals surface area contributed by atoms with Crippen LogP contribution in [0.15, 0.2) is 0 Å². The first-order valence-electron chi connectivity index (χ1n) is 7.22. The normalized spacial score (nSPS) is 26.1. The summed E-state index contributed by atoms with van der Waals surface area (Å²) in [4.78, 5) is 11.4. The number of hydrogen-bond acceptors (Lipinski definition) is 2. The Morgan fingerprint density at radius 3 is 2.09 bits per heavy atom. The molecule has 1 N–H and O–H groups in total. The fourth-order valence-corrected chi connectivity index (χ4v) is 3.16. The lowest BCUT2D eigenvalue weighted by molar-refractivity contribution is -0.386. The molecule has 1 aliphatic carbocycles. The number of carbonyl (C=O) groups excluding carboxylic acids is 1. The van der Waals surface area contributed by atoms with Gasteiger partial charge in [0.15, 0.2) is 0 Å². The third-order valence-corrected chi connectivity index (χ3v) is 4.71. The van der Waals surface area contributed by atoms with Gasteiger partial charge in [-0.3, -0.25) is 4.79 Å². The number of Topliss-reactive ketones (excluding diaryl/α,β-unsaturated/α-hetero) is 1. The second-order valence-electron chi connectivity index (χ2n) is 6.12. The van der Waals surface area contributed by atoms with Crippen LogP contribution in [-0.2, 0) is 4.79 Å². The lowest BCUT2D eigenvalue weighted by atomic mass is 9.70. The van der Waals surface area contributed by atoms with Crippen LogP contribution in [0.5, 0.6) is 0 Å². The van der Waals surface area contributed by atoms with Crippen LogP contribution in [0.4, 0.5) is 26.3 Å². The highest BCUT2D eigenvalue weighted by Gasteiger charge is 2.73. The Hall–Kier alpha value is -0.790. The summed E-state index contributed by atoms with van der Waals surface area (Å²) in [6.45, 7) is 2.90. The average molecular weight is 334 g/mol. The minimum Gasteiger partial charge on any atom is -0.373 e. The van der Waals surface area contributed by atoms with Crippen LogP contribution in [0.2, 0.25) is 0 Å². The van der Waals surface area contributed by atoms with Crippen molar-refractivity contribution in [3.05, 3.63) is 0 Å². The zero-order valence-electron chi connectivity index (χ0n) is 12.4. The average Bonchev–Trinajstić information content (AvgIpc) is 2.36. The number of carbonyl (C=O) groups is 1. The first-order valence-corrected chi connectivity index (χ1v) is 7.22. The van der Waals surface area contributed by atoms with E-state index < -0.39 is 42.6 Å². The van der Waals surface area contributed by atoms with Gasteiger partial charge in [-0.2, -0.15) is 26.3 Å². The smallest absolute Gasteiger partial charge is 0.373 e. The van der Waals surface area contributed by atoms with Gasteiger partial charge in [0.25, 0.3) is 5.60 Å². The summed E-state index contributed by atoms with van der Waals surface area (Å²) in [5.41, 5.74) is -4.74. The van der Waals surface area contributed by atoms with Crippen molar-refractivity contribution in [3.63, 3.8) is 0 Å². The zero-order valence-corrected chi connectivity index (χ0v) is 12.4. The van der Waals surface area contributed by atoms with E-state index in [0.717, 1.165) is 0 Å². The predicted octanol–water partition coefficient (Wildman–Crippen LogP) is 4.26. The quantitative estimate of drug-likeness (QED) is 0.780. The minimum atomic E-state index is -5.81. The molecule has 1 aliphatic rings. The van der Waals surface area contributed by atoms with Crippen molar-refractivity contribution in [1.82, 2.24) is 0 Å². The number of ketones is 1. The van der Waals surface area contributed by atoms with E-state index in [1.807, 2.05) is 0 Å². The van der Waals surface area contributed by atoms with Crippen LogP contribution in [0.3, 0.4) is 0 Å². The molecule has 0 radical (unpaired) electrons. The van der Waals surface area contributed by atoms with E-state index in [9.17, 15) is 36.2 Å². The fourth-order valence-electron chi connectivity index (χ4n) is 3.16. The van der Waals surface area contributed by atoms with Gasteiger partial charge in [0.05, 0.1) is 0 Å². The van der Waals surface area contributed by atoms with E-state index in [0.29, 0.717) is 12.8 Å². The molecule has 0 aromatic carbocycles. The van der Waals surface area contributed by atoms with E-state index in [1.165, 1.54) is 6.92 Å². The highest BCUT2D eigenvalue weighted by atomic mass is 19.4. The largest absolute Gasteiger partial charge is 0.426 e. The molecule has 130 valence electrons. The van der Waals surface area contributed by atoms with E-state index in [4.69, 9.17) is 0 Å². The Kier molecular flexibility index (Phi) is 5.58. The molecule has 3 unspecified atom stereocenters. The molecule has 8 heteroatoms. The van der Waals surface area contributed by atoms with Gasteiger partial charge in [-0.15, -0.1) is 0 Å². The van der Waals surface area contributed by atoms with E-state index >= 15 is 0 Å². The molecule has 1 fully saturated rings. The Morgan fingerprint density at radius 1 is 1.18 bits per heavy atom. The molecular formula is C14H20F6O2. The first kappa shape index (κ1) is 19.3. The molecular weight excluding hydrogens is 314 g/mol. The summed E-state index contributed by atoms with van der Waals surface area (Å²) in [5, 5.41) is 9.49. The van der Waals surface area contributed by atoms with Gasteiger partial charge in [0, 0.05) is 18.8 Å². The third-order valence-electron chi connectivity index (χ3n) is 4.71. The van der Waals surface area contributed by atoms with Crippen LogP contribution in [0, 0.1) is 17.8 Å². The molecule has 0 aromatic heterocycles. The van der Waals surface area contributed by atoms with Crippen LogP contribution in [0.1, 0.15) is 46.0 Å². The second kappa shape index (κ2) is 6.37. The van der Waals surface area contributed by atoms with Crippen LogP contribution >= 0.6 is 0 Å². The van der Waals surface area contributed by atoms with Crippen LogP contribution < -0.4 is 0 Å². The molecule has 3 atom stereocenters. The van der Waals surface area contributed by atoms with Gasteiger partial charge < -0.3 is 5.11 Å². The van der Waals surface area contributed by atoms with Crippen LogP contribution in [-0.4, -0.2) is 28.8 Å². The summed E-state index contributed by atoms with van der Waals surface area (Å²) >= 11 is 0. The van der Waals surface area contributed by atoms with Crippen molar-refractivity contribution in [2.75, 3.05) is 0 Å². The lowest BCUT2D eigenvalue weighted by Gasteiger charge is -2.41. The maximum atomic E-state index is 12.9. The molecule has 0 aliphatic heterocycles. The Labute approximate surface area is 124 Å². The Bertz CT molecular complexity index is 387. The molecule has 0 aromatic rings. The highest BCUT2D eigenvalue weighted by Crippen LogP contribution is 2.51. The molecule has 1 saturated carbocycles. The van der Waals surface area contributed by atoms with Crippen molar-refractivity contribution in [3.8, 4) is 0 Å². The molecule has 22 heavy (non-hydrogen) atoms. The Balaban J connectivity index is 3.08. The lowest BCUT2D eigenvalue weighted by Crippen LogP contribution is -2.62. The van der Waals surface area contributed by atoms with E-state index in [2.05, 4.69) is 0 Å². The number of rotatable bonds is 4. The van der Waals surface area contributed by atoms with E-state index in [-0.39, 0.29) is 18.1 Å². The molecule has 0 saturated heterocycles. The van der Waals surface area contributed by atoms with Crippen LogP contribution in [0.25, 0.3) is 0 Å².